The van der Waals surface area contributed by atoms with E-state index in [1.165, 1.54) is 0 Å². The van der Waals surface area contributed by atoms with Crippen LogP contribution in [0, 0.1) is 0 Å². The van der Waals surface area contributed by atoms with Crippen LogP contribution in [0.1, 0.15) is 26.2 Å². The summed E-state index contributed by atoms with van der Waals surface area (Å²) in [5, 5.41) is 8.07. The van der Waals surface area contributed by atoms with Crippen LogP contribution in [0.5, 0.6) is 0 Å². The van der Waals surface area contributed by atoms with Gasteiger partial charge in [0.15, 0.2) is 0 Å². The van der Waals surface area contributed by atoms with Crippen molar-refractivity contribution < 1.29 is 14.3 Å². The number of rotatable bonds is 4. The smallest absolute Gasteiger partial charge is 0.306 e. The minimum Gasteiger partial charge on any atom is -0.481 e. The number of halogens is 1. The summed E-state index contributed by atoms with van der Waals surface area (Å²) in [6.45, 7) is 1.83. The maximum absolute atomic E-state index is 12.3. The van der Waals surface area contributed by atoms with Crippen LogP contribution in [0.25, 0.3) is 0 Å². The molecule has 0 radical (unpaired) electrons. The molecule has 0 fully saturated rings. The molecule has 0 aromatic carbocycles. The Morgan fingerprint density at radius 1 is 1.78 bits per heavy atom. The molecule has 1 unspecified atom stereocenters. The fourth-order valence-electron chi connectivity index (χ4n) is 0.605. The van der Waals surface area contributed by atoms with Crippen LogP contribution >= 0.6 is 0 Å². The van der Waals surface area contributed by atoms with Crippen molar-refractivity contribution in [2.75, 3.05) is 0 Å². The van der Waals surface area contributed by atoms with Crippen LogP contribution in [-0.4, -0.2) is 17.2 Å². The number of hydrogen-bond acceptors (Lipinski definition) is 1. The van der Waals surface area contributed by atoms with Gasteiger partial charge >= 0.3 is 5.97 Å². The molecular formula is C6H11FO2. The molecule has 0 saturated heterocycles. The second-order valence-electron chi connectivity index (χ2n) is 1.98. The summed E-state index contributed by atoms with van der Waals surface area (Å²) in [5.41, 5.74) is 0. The van der Waals surface area contributed by atoms with Crippen LogP contribution in [0.3, 0.4) is 0 Å². The van der Waals surface area contributed by atoms with Crippen LogP contribution in [0.15, 0.2) is 0 Å². The van der Waals surface area contributed by atoms with Gasteiger partial charge < -0.3 is 5.11 Å². The van der Waals surface area contributed by atoms with E-state index in [-0.39, 0.29) is 6.42 Å². The first-order valence-electron chi connectivity index (χ1n) is 3.02. The average Bonchev–Trinajstić information content (AvgIpc) is 1.63. The summed E-state index contributed by atoms with van der Waals surface area (Å²) < 4.78 is 12.3. The third kappa shape index (κ3) is 5.27. The Bertz CT molecular complexity index is 93.1. The normalized spacial score (nSPS) is 13.1. The molecule has 0 aliphatic heterocycles. The molecule has 0 aromatic heterocycles. The van der Waals surface area contributed by atoms with Crippen LogP contribution in [0.4, 0.5) is 4.39 Å². The van der Waals surface area contributed by atoms with Gasteiger partial charge in [-0.3, -0.25) is 4.79 Å². The van der Waals surface area contributed by atoms with Gasteiger partial charge in [-0.2, -0.15) is 0 Å². The van der Waals surface area contributed by atoms with Crippen LogP contribution < -0.4 is 0 Å². The van der Waals surface area contributed by atoms with E-state index >= 15 is 0 Å². The van der Waals surface area contributed by atoms with E-state index in [0.29, 0.717) is 12.8 Å². The summed E-state index contributed by atoms with van der Waals surface area (Å²) in [7, 11) is 0. The highest BCUT2D eigenvalue weighted by molar-refractivity contribution is 5.67. The summed E-state index contributed by atoms with van der Waals surface area (Å²) in [4.78, 5) is 9.84. The molecule has 54 valence electrons. The van der Waals surface area contributed by atoms with Crippen LogP contribution in [0.2, 0.25) is 0 Å². The predicted octanol–water partition coefficient (Wildman–Crippen LogP) is 1.60. The van der Waals surface area contributed by atoms with Crippen molar-refractivity contribution in [3.05, 3.63) is 0 Å². The Morgan fingerprint density at radius 3 is 2.67 bits per heavy atom. The van der Waals surface area contributed by atoms with E-state index < -0.39 is 12.1 Å². The molecule has 1 N–H and O–H groups in total. The summed E-state index contributed by atoms with van der Waals surface area (Å²) in [5.74, 6) is -1.06. The molecule has 0 bridgehead atoms. The van der Waals surface area contributed by atoms with Crippen molar-refractivity contribution in [2.45, 2.75) is 32.4 Å². The molecule has 1 atom stereocenters. The van der Waals surface area contributed by atoms with E-state index in [9.17, 15) is 9.18 Å². The van der Waals surface area contributed by atoms with Crippen LogP contribution in [-0.2, 0) is 4.79 Å². The number of hydrogen-bond donors (Lipinski definition) is 1. The van der Waals surface area contributed by atoms with Gasteiger partial charge in [0.25, 0.3) is 0 Å². The Kier molecular flexibility index (Phi) is 4.01. The molecule has 9 heavy (non-hydrogen) atoms. The summed E-state index contributed by atoms with van der Waals surface area (Å²) >= 11 is 0. The molecule has 0 rings (SSSR count). The Labute approximate surface area is 53.7 Å². The zero-order valence-electron chi connectivity index (χ0n) is 5.43. The Morgan fingerprint density at radius 2 is 2.33 bits per heavy atom. The van der Waals surface area contributed by atoms with E-state index in [4.69, 9.17) is 5.11 Å². The molecule has 0 aromatic rings. The molecule has 0 aliphatic rings. The fourth-order valence-corrected chi connectivity index (χ4v) is 0.605. The Balaban J connectivity index is 3.26. The standard InChI is InChI=1S/C6H11FO2/c1-2-3-5(7)4-6(8)9/h5H,2-4H2,1H3,(H,8,9). The summed E-state index contributed by atoms with van der Waals surface area (Å²) in [6.07, 6.45) is -0.457. The van der Waals surface area contributed by atoms with Gasteiger partial charge in [0, 0.05) is 0 Å². The maximum atomic E-state index is 12.3. The lowest BCUT2D eigenvalue weighted by Crippen LogP contribution is -2.07. The first kappa shape index (κ1) is 8.40. The van der Waals surface area contributed by atoms with E-state index in [1.807, 2.05) is 6.92 Å². The second kappa shape index (κ2) is 4.30. The van der Waals surface area contributed by atoms with Crippen molar-refractivity contribution in [3.63, 3.8) is 0 Å². The van der Waals surface area contributed by atoms with Crippen molar-refractivity contribution >= 4 is 5.97 Å². The lowest BCUT2D eigenvalue weighted by Gasteiger charge is -1.99. The average molecular weight is 134 g/mol. The van der Waals surface area contributed by atoms with Gasteiger partial charge in [-0.05, 0) is 6.42 Å². The highest BCUT2D eigenvalue weighted by Gasteiger charge is 2.08. The highest BCUT2D eigenvalue weighted by Crippen LogP contribution is 2.05. The number of alkyl halides is 1. The van der Waals surface area contributed by atoms with E-state index in [2.05, 4.69) is 0 Å². The zero-order chi connectivity index (χ0) is 7.28. The van der Waals surface area contributed by atoms with Crippen molar-refractivity contribution in [3.8, 4) is 0 Å². The SMILES string of the molecule is CCCC(F)CC(=O)O. The Hall–Kier alpha value is -0.600. The lowest BCUT2D eigenvalue weighted by atomic mass is 10.2. The van der Waals surface area contributed by atoms with Gasteiger partial charge in [-0.25, -0.2) is 4.39 Å². The van der Waals surface area contributed by atoms with Gasteiger partial charge in [0.05, 0.1) is 6.42 Å². The van der Waals surface area contributed by atoms with E-state index in [1.54, 1.807) is 0 Å². The number of carboxylic acid groups (broad SMARTS) is 1. The number of aliphatic carboxylic acids is 1. The van der Waals surface area contributed by atoms with Crippen molar-refractivity contribution in [1.29, 1.82) is 0 Å². The lowest BCUT2D eigenvalue weighted by molar-refractivity contribution is -0.138. The van der Waals surface area contributed by atoms with E-state index in [0.717, 1.165) is 0 Å². The number of carboxylic acids is 1. The minimum absolute atomic E-state index is 0.353. The third-order valence-electron chi connectivity index (χ3n) is 0.998. The van der Waals surface area contributed by atoms with Gasteiger partial charge in [-0.1, -0.05) is 13.3 Å². The monoisotopic (exact) mass is 134 g/mol. The molecule has 0 amide bonds. The topological polar surface area (TPSA) is 37.3 Å². The molecule has 3 heteroatoms. The molecular weight excluding hydrogens is 123 g/mol. The molecule has 2 nitrogen and oxygen atoms in total. The third-order valence-corrected chi connectivity index (χ3v) is 0.998. The molecule has 0 aliphatic carbocycles. The minimum atomic E-state index is -1.16. The van der Waals surface area contributed by atoms with Gasteiger partial charge in [0.1, 0.15) is 6.17 Å². The highest BCUT2D eigenvalue weighted by atomic mass is 19.1. The zero-order valence-corrected chi connectivity index (χ0v) is 5.43. The van der Waals surface area contributed by atoms with Gasteiger partial charge in [-0.15, -0.1) is 0 Å². The maximum Gasteiger partial charge on any atom is 0.306 e. The second-order valence-corrected chi connectivity index (χ2v) is 1.98. The first-order valence-corrected chi connectivity index (χ1v) is 3.02. The van der Waals surface area contributed by atoms with Crippen molar-refractivity contribution in [1.82, 2.24) is 0 Å². The first-order chi connectivity index (χ1) is 4.16. The molecule has 0 saturated carbocycles. The number of carbonyl (C=O) groups is 1. The fraction of sp³-hybridized carbons (Fsp3) is 0.833. The van der Waals surface area contributed by atoms with Crippen molar-refractivity contribution in [2.24, 2.45) is 0 Å². The largest absolute Gasteiger partial charge is 0.481 e. The quantitative estimate of drug-likeness (QED) is 0.634. The summed E-state index contributed by atoms with van der Waals surface area (Å²) in [6, 6.07) is 0. The molecule has 0 spiro atoms. The predicted molar refractivity (Wildman–Crippen MR) is 32.1 cm³/mol. The van der Waals surface area contributed by atoms with Gasteiger partial charge in [0.2, 0.25) is 0 Å². The molecule has 0 heterocycles.